The van der Waals surface area contributed by atoms with Crippen molar-refractivity contribution in [2.75, 3.05) is 0 Å². The van der Waals surface area contributed by atoms with E-state index < -0.39 is 12.1 Å². The Morgan fingerprint density at radius 3 is 1.58 bits per heavy atom. The molecular formula is C15H31NaO3. The van der Waals surface area contributed by atoms with Gasteiger partial charge in [0.25, 0.3) is 0 Å². The van der Waals surface area contributed by atoms with Crippen LogP contribution in [0.2, 0.25) is 0 Å². The second-order valence-corrected chi connectivity index (χ2v) is 5.18. The molecule has 0 fully saturated rings. The number of hydrogen-bond acceptors (Lipinski definition) is 2. The fourth-order valence-corrected chi connectivity index (χ4v) is 2.13. The summed E-state index contributed by atoms with van der Waals surface area (Å²) in [5.41, 5.74) is 0. The van der Waals surface area contributed by atoms with E-state index in [1.165, 1.54) is 57.8 Å². The van der Waals surface area contributed by atoms with Crippen molar-refractivity contribution < 1.29 is 15.0 Å². The Hall–Kier alpha value is 0.430. The Balaban J connectivity index is 0. The van der Waals surface area contributed by atoms with E-state index in [1.807, 2.05) is 0 Å². The average Bonchev–Trinajstić information content (AvgIpc) is 2.35. The van der Waals surface area contributed by atoms with Crippen molar-refractivity contribution >= 4 is 35.5 Å². The van der Waals surface area contributed by atoms with Gasteiger partial charge in [0, 0.05) is 0 Å². The molecule has 0 aromatic heterocycles. The number of aliphatic carboxylic acids is 1. The van der Waals surface area contributed by atoms with Gasteiger partial charge in [0.15, 0.2) is 6.10 Å². The van der Waals surface area contributed by atoms with Gasteiger partial charge in [-0.15, -0.1) is 0 Å². The van der Waals surface area contributed by atoms with Gasteiger partial charge in [0.2, 0.25) is 0 Å². The summed E-state index contributed by atoms with van der Waals surface area (Å²) < 4.78 is 0. The third-order valence-corrected chi connectivity index (χ3v) is 3.37. The number of aliphatic hydroxyl groups excluding tert-OH is 1. The van der Waals surface area contributed by atoms with Crippen molar-refractivity contribution in [2.24, 2.45) is 0 Å². The Labute approximate surface area is 140 Å². The van der Waals surface area contributed by atoms with Crippen molar-refractivity contribution in [1.82, 2.24) is 0 Å². The van der Waals surface area contributed by atoms with Gasteiger partial charge in [-0.1, -0.05) is 77.6 Å². The summed E-state index contributed by atoms with van der Waals surface area (Å²) >= 11 is 0. The molecule has 19 heavy (non-hydrogen) atoms. The third-order valence-electron chi connectivity index (χ3n) is 3.37. The molecular weight excluding hydrogens is 251 g/mol. The molecule has 0 aromatic rings. The zero-order valence-corrected chi connectivity index (χ0v) is 11.9. The number of aliphatic hydroxyl groups is 1. The number of carboxylic acids is 1. The number of hydrogen-bond donors (Lipinski definition) is 2. The second-order valence-electron chi connectivity index (χ2n) is 5.18. The molecule has 0 aliphatic heterocycles. The maximum atomic E-state index is 10.4. The Bertz CT molecular complexity index is 198. The molecule has 0 heterocycles. The van der Waals surface area contributed by atoms with E-state index in [-0.39, 0.29) is 29.6 Å². The quantitative estimate of drug-likeness (QED) is 0.401. The molecule has 2 N–H and O–H groups in total. The monoisotopic (exact) mass is 282 g/mol. The molecule has 1 atom stereocenters. The number of rotatable bonds is 13. The van der Waals surface area contributed by atoms with E-state index in [2.05, 4.69) is 6.92 Å². The molecule has 0 aromatic carbocycles. The maximum absolute atomic E-state index is 10.4. The summed E-state index contributed by atoms with van der Waals surface area (Å²) in [6.45, 7) is 2.24. The first-order valence-electron chi connectivity index (χ1n) is 7.59. The summed E-state index contributed by atoms with van der Waals surface area (Å²) in [4.78, 5) is 10.4. The molecule has 0 saturated heterocycles. The van der Waals surface area contributed by atoms with Gasteiger partial charge in [0.05, 0.1) is 0 Å². The van der Waals surface area contributed by atoms with Gasteiger partial charge in [-0.3, -0.25) is 0 Å². The average molecular weight is 282 g/mol. The number of unbranched alkanes of at least 4 members (excludes halogenated alkanes) is 10. The predicted octanol–water partition coefficient (Wildman–Crippen LogP) is 3.48. The van der Waals surface area contributed by atoms with Crippen molar-refractivity contribution in [3.63, 3.8) is 0 Å². The number of carbonyl (C=O) groups is 1. The molecule has 0 amide bonds. The van der Waals surface area contributed by atoms with E-state index >= 15 is 0 Å². The predicted molar refractivity (Wildman–Crippen MR) is 81.9 cm³/mol. The van der Waals surface area contributed by atoms with Gasteiger partial charge in [-0.05, 0) is 6.42 Å². The first-order valence-corrected chi connectivity index (χ1v) is 7.59. The SMILES string of the molecule is CCCCCCCCCCCCCC(O)C(=O)O.[NaH]. The van der Waals surface area contributed by atoms with Crippen LogP contribution in [0.25, 0.3) is 0 Å². The van der Waals surface area contributed by atoms with Gasteiger partial charge >= 0.3 is 35.5 Å². The Kier molecular flexibility index (Phi) is 18.8. The van der Waals surface area contributed by atoms with Crippen molar-refractivity contribution in [2.45, 2.75) is 90.1 Å². The summed E-state index contributed by atoms with van der Waals surface area (Å²) in [6.07, 6.45) is 12.9. The normalized spacial score (nSPS) is 11.9. The Morgan fingerprint density at radius 1 is 0.842 bits per heavy atom. The fourth-order valence-electron chi connectivity index (χ4n) is 2.13. The van der Waals surface area contributed by atoms with Crippen LogP contribution < -0.4 is 0 Å². The Morgan fingerprint density at radius 2 is 1.21 bits per heavy atom. The molecule has 0 aliphatic rings. The molecule has 0 aliphatic carbocycles. The molecule has 0 rings (SSSR count). The molecule has 3 nitrogen and oxygen atoms in total. The first-order chi connectivity index (χ1) is 8.68. The molecule has 0 bridgehead atoms. The van der Waals surface area contributed by atoms with Crippen LogP contribution in [0.5, 0.6) is 0 Å². The molecule has 0 spiro atoms. The first kappa shape index (κ1) is 21.7. The summed E-state index contributed by atoms with van der Waals surface area (Å²) in [7, 11) is 0. The van der Waals surface area contributed by atoms with E-state index in [0.29, 0.717) is 6.42 Å². The van der Waals surface area contributed by atoms with Crippen LogP contribution in [0.3, 0.4) is 0 Å². The summed E-state index contributed by atoms with van der Waals surface area (Å²) in [6, 6.07) is 0. The van der Waals surface area contributed by atoms with Crippen LogP contribution >= 0.6 is 0 Å². The zero-order valence-electron chi connectivity index (χ0n) is 11.9. The van der Waals surface area contributed by atoms with Crippen LogP contribution in [0.4, 0.5) is 0 Å². The topological polar surface area (TPSA) is 57.5 Å². The van der Waals surface area contributed by atoms with Gasteiger partial charge in [0.1, 0.15) is 0 Å². The summed E-state index contributed by atoms with van der Waals surface area (Å²) in [5, 5.41) is 17.6. The standard InChI is InChI=1S/C15H30O3.Na.H/c1-2-3-4-5-6-7-8-9-10-11-12-13-14(16)15(17)18;;/h14,16H,2-13H2,1H3,(H,17,18);;. The van der Waals surface area contributed by atoms with Crippen LogP contribution in [-0.2, 0) is 4.79 Å². The zero-order chi connectivity index (χ0) is 13.6. The van der Waals surface area contributed by atoms with E-state index in [1.54, 1.807) is 0 Å². The van der Waals surface area contributed by atoms with Crippen LogP contribution in [0, 0.1) is 0 Å². The summed E-state index contributed by atoms with van der Waals surface area (Å²) in [5.74, 6) is -1.10. The van der Waals surface area contributed by atoms with E-state index in [4.69, 9.17) is 10.2 Å². The molecule has 0 radical (unpaired) electrons. The number of carboxylic acid groups (broad SMARTS) is 1. The van der Waals surface area contributed by atoms with Crippen LogP contribution in [-0.4, -0.2) is 51.8 Å². The van der Waals surface area contributed by atoms with Crippen LogP contribution in [0.15, 0.2) is 0 Å². The van der Waals surface area contributed by atoms with Crippen molar-refractivity contribution in [3.8, 4) is 0 Å². The molecule has 4 heteroatoms. The molecule has 0 saturated carbocycles. The minimum absolute atomic E-state index is 0. The fraction of sp³-hybridized carbons (Fsp3) is 0.933. The second kappa shape index (κ2) is 16.5. The van der Waals surface area contributed by atoms with Gasteiger partial charge in [-0.2, -0.15) is 0 Å². The van der Waals surface area contributed by atoms with Gasteiger partial charge in [-0.25, -0.2) is 4.79 Å². The van der Waals surface area contributed by atoms with Crippen LogP contribution in [0.1, 0.15) is 84.0 Å². The van der Waals surface area contributed by atoms with Crippen molar-refractivity contribution in [3.05, 3.63) is 0 Å². The molecule has 110 valence electrons. The van der Waals surface area contributed by atoms with E-state index in [9.17, 15) is 4.79 Å². The van der Waals surface area contributed by atoms with E-state index in [0.717, 1.165) is 12.8 Å². The molecule has 1 unspecified atom stereocenters. The van der Waals surface area contributed by atoms with Gasteiger partial charge < -0.3 is 10.2 Å². The minimum atomic E-state index is -1.16. The van der Waals surface area contributed by atoms with Crippen molar-refractivity contribution in [1.29, 1.82) is 0 Å². The third kappa shape index (κ3) is 16.4.